The van der Waals surface area contributed by atoms with E-state index >= 15 is 0 Å². The minimum atomic E-state index is 0.166. The second-order valence-electron chi connectivity index (χ2n) is 8.51. The third-order valence-electron chi connectivity index (χ3n) is 5.67. The van der Waals surface area contributed by atoms with Crippen molar-refractivity contribution in [3.05, 3.63) is 35.9 Å². The Morgan fingerprint density at radius 1 is 0.759 bits per heavy atom. The molecule has 0 spiro atoms. The second kappa shape index (κ2) is 18.7. The first-order chi connectivity index (χ1) is 14.2. The van der Waals surface area contributed by atoms with Gasteiger partial charge in [0.1, 0.15) is 0 Å². The molecule has 0 aromatic heterocycles. The SMILES string of the molecule is CCCCCCCCCCCCCCCCNCC(=O)N(C)Cc1ccccc1. The Hall–Kier alpha value is -1.35. The molecule has 1 amide bonds. The standard InChI is InChI=1S/C26H46N2O/c1-3-4-5-6-7-8-9-10-11-12-13-14-15-19-22-27-23-26(29)28(2)24-25-20-17-16-18-21-25/h16-18,20-21,27H,3-15,19,22-24H2,1-2H3. The monoisotopic (exact) mass is 402 g/mol. The van der Waals surface area contributed by atoms with Crippen molar-refractivity contribution in [1.29, 1.82) is 0 Å². The van der Waals surface area contributed by atoms with E-state index in [-0.39, 0.29) is 5.91 Å². The number of nitrogens with one attached hydrogen (secondary N) is 1. The zero-order valence-electron chi connectivity index (χ0n) is 19.3. The highest BCUT2D eigenvalue weighted by molar-refractivity contribution is 5.77. The van der Waals surface area contributed by atoms with Gasteiger partial charge in [0.25, 0.3) is 0 Å². The minimum Gasteiger partial charge on any atom is -0.340 e. The van der Waals surface area contributed by atoms with Crippen LogP contribution in [0.15, 0.2) is 30.3 Å². The van der Waals surface area contributed by atoms with Crippen LogP contribution in [0, 0.1) is 0 Å². The lowest BCUT2D eigenvalue weighted by atomic mass is 10.0. The summed E-state index contributed by atoms with van der Waals surface area (Å²) in [4.78, 5) is 14.0. The molecule has 1 rings (SSSR count). The van der Waals surface area contributed by atoms with E-state index in [4.69, 9.17) is 0 Å². The summed E-state index contributed by atoms with van der Waals surface area (Å²) in [6.07, 6.45) is 19.3. The highest BCUT2D eigenvalue weighted by Crippen LogP contribution is 2.12. The number of unbranched alkanes of at least 4 members (excludes halogenated alkanes) is 13. The molecule has 3 nitrogen and oxygen atoms in total. The van der Waals surface area contributed by atoms with Crippen LogP contribution < -0.4 is 5.32 Å². The fourth-order valence-electron chi connectivity index (χ4n) is 3.72. The van der Waals surface area contributed by atoms with Crippen molar-refractivity contribution < 1.29 is 4.79 Å². The number of likely N-dealkylation sites (N-methyl/N-ethyl adjacent to an activating group) is 1. The van der Waals surface area contributed by atoms with E-state index in [1.807, 2.05) is 25.2 Å². The van der Waals surface area contributed by atoms with Crippen LogP contribution in [0.25, 0.3) is 0 Å². The third kappa shape index (κ3) is 15.2. The molecule has 0 saturated heterocycles. The smallest absolute Gasteiger partial charge is 0.236 e. The molecule has 0 aliphatic rings. The van der Waals surface area contributed by atoms with E-state index < -0.39 is 0 Å². The fraction of sp³-hybridized carbons (Fsp3) is 0.731. The van der Waals surface area contributed by atoms with Crippen molar-refractivity contribution in [2.75, 3.05) is 20.1 Å². The Kier molecular flexibility index (Phi) is 16.5. The molecule has 0 bridgehead atoms. The molecule has 1 aromatic rings. The lowest BCUT2D eigenvalue weighted by Gasteiger charge is -2.17. The van der Waals surface area contributed by atoms with Gasteiger partial charge in [-0.05, 0) is 18.5 Å². The molecule has 29 heavy (non-hydrogen) atoms. The van der Waals surface area contributed by atoms with Gasteiger partial charge >= 0.3 is 0 Å². The summed E-state index contributed by atoms with van der Waals surface area (Å²) in [6, 6.07) is 10.2. The van der Waals surface area contributed by atoms with Gasteiger partial charge in [0.15, 0.2) is 0 Å². The Bertz CT molecular complexity index is 489. The normalized spacial score (nSPS) is 11.0. The summed E-state index contributed by atoms with van der Waals surface area (Å²) < 4.78 is 0. The summed E-state index contributed by atoms with van der Waals surface area (Å²) in [6.45, 7) is 4.36. The van der Waals surface area contributed by atoms with Crippen LogP contribution in [0.5, 0.6) is 0 Å². The van der Waals surface area contributed by atoms with Gasteiger partial charge in [0.05, 0.1) is 6.54 Å². The molecule has 0 aliphatic carbocycles. The molecule has 1 N–H and O–H groups in total. The molecule has 0 radical (unpaired) electrons. The Morgan fingerprint density at radius 2 is 1.24 bits per heavy atom. The molecule has 0 atom stereocenters. The molecule has 1 aromatic carbocycles. The summed E-state index contributed by atoms with van der Waals surface area (Å²) in [5.74, 6) is 0.166. The van der Waals surface area contributed by atoms with Gasteiger partial charge < -0.3 is 10.2 Å². The summed E-state index contributed by atoms with van der Waals surface area (Å²) >= 11 is 0. The van der Waals surface area contributed by atoms with Crippen LogP contribution in [0.4, 0.5) is 0 Å². The Balaban J connectivity index is 1.82. The van der Waals surface area contributed by atoms with Crippen LogP contribution in [0.1, 0.15) is 102 Å². The largest absolute Gasteiger partial charge is 0.340 e. The predicted octanol–water partition coefficient (Wildman–Crippen LogP) is 6.72. The van der Waals surface area contributed by atoms with Gasteiger partial charge in [-0.3, -0.25) is 4.79 Å². The first-order valence-corrected chi connectivity index (χ1v) is 12.2. The Labute approximate surface area is 180 Å². The van der Waals surface area contributed by atoms with Crippen molar-refractivity contribution in [1.82, 2.24) is 10.2 Å². The van der Waals surface area contributed by atoms with E-state index in [1.54, 1.807) is 4.90 Å². The maximum absolute atomic E-state index is 12.2. The molecule has 0 unspecified atom stereocenters. The van der Waals surface area contributed by atoms with E-state index in [9.17, 15) is 4.79 Å². The van der Waals surface area contributed by atoms with E-state index in [0.717, 1.165) is 6.54 Å². The zero-order valence-corrected chi connectivity index (χ0v) is 19.3. The zero-order chi connectivity index (χ0) is 21.0. The molecule has 166 valence electrons. The average molecular weight is 403 g/mol. The summed E-state index contributed by atoms with van der Waals surface area (Å²) in [7, 11) is 1.88. The summed E-state index contributed by atoms with van der Waals surface area (Å²) in [5.41, 5.74) is 1.18. The first-order valence-electron chi connectivity index (χ1n) is 12.2. The van der Waals surface area contributed by atoms with Gasteiger partial charge in [-0.1, -0.05) is 121 Å². The third-order valence-corrected chi connectivity index (χ3v) is 5.67. The van der Waals surface area contributed by atoms with Crippen LogP contribution in [-0.2, 0) is 11.3 Å². The number of carbonyl (C=O) groups excluding carboxylic acids is 1. The first kappa shape index (κ1) is 25.7. The molecule has 0 aliphatic heterocycles. The van der Waals surface area contributed by atoms with Crippen LogP contribution in [-0.4, -0.2) is 30.9 Å². The maximum atomic E-state index is 12.2. The van der Waals surface area contributed by atoms with E-state index in [2.05, 4.69) is 24.4 Å². The molecule has 0 saturated carbocycles. The lowest BCUT2D eigenvalue weighted by Crippen LogP contribution is -2.35. The predicted molar refractivity (Wildman–Crippen MR) is 126 cm³/mol. The van der Waals surface area contributed by atoms with Crippen LogP contribution >= 0.6 is 0 Å². The average Bonchev–Trinajstić information content (AvgIpc) is 2.74. The Morgan fingerprint density at radius 3 is 1.76 bits per heavy atom. The lowest BCUT2D eigenvalue weighted by molar-refractivity contribution is -0.129. The molecule has 3 heteroatoms. The van der Waals surface area contributed by atoms with Gasteiger partial charge in [-0.2, -0.15) is 0 Å². The number of nitrogens with zero attached hydrogens (tertiary/aromatic N) is 1. The quantitative estimate of drug-likeness (QED) is 0.261. The minimum absolute atomic E-state index is 0.166. The van der Waals surface area contributed by atoms with Crippen molar-refractivity contribution in [2.24, 2.45) is 0 Å². The van der Waals surface area contributed by atoms with E-state index in [0.29, 0.717) is 13.1 Å². The van der Waals surface area contributed by atoms with Crippen molar-refractivity contribution in [3.63, 3.8) is 0 Å². The van der Waals surface area contributed by atoms with Gasteiger partial charge in [0, 0.05) is 13.6 Å². The van der Waals surface area contributed by atoms with Gasteiger partial charge in [-0.25, -0.2) is 0 Å². The molecule has 0 heterocycles. The van der Waals surface area contributed by atoms with Gasteiger partial charge in [-0.15, -0.1) is 0 Å². The molecule has 0 fully saturated rings. The number of amides is 1. The van der Waals surface area contributed by atoms with Gasteiger partial charge in [0.2, 0.25) is 5.91 Å². The van der Waals surface area contributed by atoms with Crippen LogP contribution in [0.2, 0.25) is 0 Å². The maximum Gasteiger partial charge on any atom is 0.236 e. The van der Waals surface area contributed by atoms with Crippen molar-refractivity contribution >= 4 is 5.91 Å². The van der Waals surface area contributed by atoms with Crippen LogP contribution in [0.3, 0.4) is 0 Å². The van der Waals surface area contributed by atoms with Crippen molar-refractivity contribution in [2.45, 2.75) is 103 Å². The highest BCUT2D eigenvalue weighted by Gasteiger charge is 2.08. The van der Waals surface area contributed by atoms with E-state index in [1.165, 1.54) is 95.5 Å². The number of carbonyl (C=O) groups is 1. The number of hydrogen-bond donors (Lipinski definition) is 1. The second-order valence-corrected chi connectivity index (χ2v) is 8.51. The van der Waals surface area contributed by atoms with Crippen molar-refractivity contribution in [3.8, 4) is 0 Å². The molecular weight excluding hydrogens is 356 g/mol. The topological polar surface area (TPSA) is 32.3 Å². The highest BCUT2D eigenvalue weighted by atomic mass is 16.2. The molecular formula is C26H46N2O. The summed E-state index contributed by atoms with van der Waals surface area (Å²) in [5, 5.41) is 3.30. The number of benzene rings is 1. The number of hydrogen-bond acceptors (Lipinski definition) is 2. The fourth-order valence-corrected chi connectivity index (χ4v) is 3.72. The number of rotatable bonds is 19.